The Bertz CT molecular complexity index is 935. The molecular formula is C27H36FN3O3. The summed E-state index contributed by atoms with van der Waals surface area (Å²) in [6.07, 6.45) is 5.57. The number of carbonyl (C=O) groups is 1. The Kier molecular flexibility index (Phi) is 7.84. The zero-order valence-electron chi connectivity index (χ0n) is 20.3. The molecule has 3 heterocycles. The molecule has 0 saturated carbocycles. The molecule has 1 atom stereocenters. The molecule has 2 aliphatic rings. The van der Waals surface area contributed by atoms with E-state index >= 15 is 0 Å². The second kappa shape index (κ2) is 10.8. The van der Waals surface area contributed by atoms with E-state index in [0.717, 1.165) is 55.8 Å². The van der Waals surface area contributed by atoms with Gasteiger partial charge in [-0.15, -0.1) is 0 Å². The fraction of sp³-hybridized carbons (Fsp3) is 0.556. The number of benzene rings is 1. The van der Waals surface area contributed by atoms with Gasteiger partial charge in [-0.1, -0.05) is 12.1 Å². The SMILES string of the molecule is CC(C)(F)CN1CCC(COc2ccc(-c3ccc(C(=O)N4CCCC4CO)cc3)nc2)CC1. The lowest BCUT2D eigenvalue weighted by molar-refractivity contribution is 0.0677. The standard InChI is InChI=1S/C27H36FN3O3/c1-27(2,28)19-30-14-11-20(12-15-30)18-34-24-9-10-25(29-16-24)21-5-7-22(8-6-21)26(33)31-13-3-4-23(31)17-32/h5-10,16,20,23,32H,3-4,11-15,17-19H2,1-2H3. The average molecular weight is 470 g/mol. The summed E-state index contributed by atoms with van der Waals surface area (Å²) in [6, 6.07) is 11.3. The van der Waals surface area contributed by atoms with Crippen LogP contribution in [-0.4, -0.2) is 76.9 Å². The Balaban J connectivity index is 1.27. The normalized spacial score (nSPS) is 20.0. The summed E-state index contributed by atoms with van der Waals surface area (Å²) in [5, 5.41) is 9.48. The highest BCUT2D eigenvalue weighted by Gasteiger charge is 2.29. The quantitative estimate of drug-likeness (QED) is 0.628. The number of nitrogens with zero attached hydrogens (tertiary/aromatic N) is 3. The van der Waals surface area contributed by atoms with Gasteiger partial charge in [-0.2, -0.15) is 0 Å². The third-order valence-electron chi connectivity index (χ3n) is 6.81. The van der Waals surface area contributed by atoms with Crippen LogP contribution in [0.15, 0.2) is 42.6 Å². The van der Waals surface area contributed by atoms with Gasteiger partial charge in [-0.05, 0) is 82.8 Å². The first-order valence-corrected chi connectivity index (χ1v) is 12.3. The number of aliphatic hydroxyl groups excluding tert-OH is 1. The van der Waals surface area contributed by atoms with Crippen LogP contribution < -0.4 is 4.74 Å². The number of ether oxygens (including phenoxy) is 1. The molecule has 2 aromatic rings. The largest absolute Gasteiger partial charge is 0.492 e. The molecule has 0 bridgehead atoms. The van der Waals surface area contributed by atoms with Gasteiger partial charge in [0.15, 0.2) is 0 Å². The molecule has 1 unspecified atom stereocenters. The molecule has 0 aliphatic carbocycles. The Labute approximate surface area is 201 Å². The summed E-state index contributed by atoms with van der Waals surface area (Å²) in [5.41, 5.74) is 1.24. The van der Waals surface area contributed by atoms with Gasteiger partial charge in [0.2, 0.25) is 0 Å². The summed E-state index contributed by atoms with van der Waals surface area (Å²) in [7, 11) is 0. The lowest BCUT2D eigenvalue weighted by Crippen LogP contribution is -2.41. The molecule has 6 nitrogen and oxygen atoms in total. The van der Waals surface area contributed by atoms with Crippen LogP contribution in [0.5, 0.6) is 5.75 Å². The Morgan fingerprint density at radius 2 is 1.85 bits per heavy atom. The van der Waals surface area contributed by atoms with Gasteiger partial charge in [0.1, 0.15) is 11.4 Å². The summed E-state index contributed by atoms with van der Waals surface area (Å²) in [5.74, 6) is 1.19. The van der Waals surface area contributed by atoms with Crippen LogP contribution in [0, 0.1) is 5.92 Å². The van der Waals surface area contributed by atoms with E-state index in [2.05, 4.69) is 9.88 Å². The van der Waals surface area contributed by atoms with Crippen LogP contribution in [0.2, 0.25) is 0 Å². The number of rotatable bonds is 8. The number of piperidine rings is 1. The van der Waals surface area contributed by atoms with Crippen molar-refractivity contribution in [2.75, 3.05) is 39.4 Å². The van der Waals surface area contributed by atoms with Gasteiger partial charge in [0.25, 0.3) is 5.91 Å². The molecule has 2 aliphatic heterocycles. The number of likely N-dealkylation sites (tertiary alicyclic amines) is 2. The fourth-order valence-electron chi connectivity index (χ4n) is 4.94. The Hall–Kier alpha value is -2.51. The van der Waals surface area contributed by atoms with Crippen molar-refractivity contribution in [1.29, 1.82) is 0 Å². The molecule has 2 saturated heterocycles. The van der Waals surface area contributed by atoms with Crippen LogP contribution in [0.4, 0.5) is 4.39 Å². The molecule has 0 radical (unpaired) electrons. The number of halogens is 1. The molecule has 1 N–H and O–H groups in total. The van der Waals surface area contributed by atoms with E-state index < -0.39 is 5.67 Å². The molecule has 184 valence electrons. The Morgan fingerprint density at radius 3 is 2.47 bits per heavy atom. The first-order chi connectivity index (χ1) is 16.3. The molecular weight excluding hydrogens is 433 g/mol. The van der Waals surface area contributed by atoms with Crippen LogP contribution in [0.3, 0.4) is 0 Å². The van der Waals surface area contributed by atoms with Crippen LogP contribution in [-0.2, 0) is 0 Å². The molecule has 2 fully saturated rings. The van der Waals surface area contributed by atoms with Crippen molar-refractivity contribution in [2.24, 2.45) is 5.92 Å². The zero-order valence-corrected chi connectivity index (χ0v) is 20.3. The number of hydrogen-bond acceptors (Lipinski definition) is 5. The maximum Gasteiger partial charge on any atom is 0.254 e. The van der Waals surface area contributed by atoms with E-state index in [0.29, 0.717) is 31.2 Å². The van der Waals surface area contributed by atoms with Gasteiger partial charge >= 0.3 is 0 Å². The third-order valence-corrected chi connectivity index (χ3v) is 6.81. The summed E-state index contributed by atoms with van der Waals surface area (Å²) in [6.45, 7) is 6.94. The van der Waals surface area contributed by atoms with Crippen molar-refractivity contribution in [2.45, 2.75) is 51.2 Å². The van der Waals surface area contributed by atoms with Crippen LogP contribution in [0.1, 0.15) is 49.9 Å². The van der Waals surface area contributed by atoms with E-state index in [1.165, 1.54) is 0 Å². The van der Waals surface area contributed by atoms with Crippen molar-refractivity contribution in [1.82, 2.24) is 14.8 Å². The molecule has 0 spiro atoms. The van der Waals surface area contributed by atoms with Gasteiger partial charge < -0.3 is 19.6 Å². The lowest BCUT2D eigenvalue weighted by atomic mass is 9.97. The van der Waals surface area contributed by atoms with E-state index in [4.69, 9.17) is 4.74 Å². The highest BCUT2D eigenvalue weighted by Crippen LogP contribution is 2.25. The van der Waals surface area contributed by atoms with E-state index in [-0.39, 0.29) is 18.6 Å². The average Bonchev–Trinajstić information content (AvgIpc) is 3.32. The minimum atomic E-state index is -1.15. The summed E-state index contributed by atoms with van der Waals surface area (Å²) in [4.78, 5) is 21.3. The van der Waals surface area contributed by atoms with E-state index in [1.807, 2.05) is 36.4 Å². The van der Waals surface area contributed by atoms with Gasteiger partial charge in [0.05, 0.1) is 31.1 Å². The molecule has 1 aromatic heterocycles. The molecule has 4 rings (SSSR count). The Morgan fingerprint density at radius 1 is 1.12 bits per heavy atom. The topological polar surface area (TPSA) is 65.9 Å². The van der Waals surface area contributed by atoms with Crippen molar-refractivity contribution in [3.05, 3.63) is 48.2 Å². The van der Waals surface area contributed by atoms with Crippen LogP contribution in [0.25, 0.3) is 11.3 Å². The summed E-state index contributed by atoms with van der Waals surface area (Å²) >= 11 is 0. The first kappa shape index (κ1) is 24.6. The number of aromatic nitrogens is 1. The van der Waals surface area contributed by atoms with Gasteiger partial charge in [0, 0.05) is 24.2 Å². The smallest absolute Gasteiger partial charge is 0.254 e. The molecule has 1 aromatic carbocycles. The number of aliphatic hydroxyl groups is 1. The zero-order chi connectivity index (χ0) is 24.1. The monoisotopic (exact) mass is 469 g/mol. The van der Waals surface area contributed by atoms with Gasteiger partial charge in [-0.3, -0.25) is 9.78 Å². The minimum Gasteiger partial charge on any atom is -0.492 e. The highest BCUT2D eigenvalue weighted by molar-refractivity contribution is 5.95. The maximum absolute atomic E-state index is 13.8. The maximum atomic E-state index is 13.8. The number of carbonyl (C=O) groups excluding carboxylic acids is 1. The van der Waals surface area contributed by atoms with Crippen LogP contribution >= 0.6 is 0 Å². The van der Waals surface area contributed by atoms with Crippen molar-refractivity contribution in [3.63, 3.8) is 0 Å². The number of alkyl halides is 1. The second-order valence-corrected chi connectivity index (χ2v) is 10.2. The second-order valence-electron chi connectivity index (χ2n) is 10.2. The number of pyridine rings is 1. The lowest BCUT2D eigenvalue weighted by Gasteiger charge is -2.34. The predicted molar refractivity (Wildman–Crippen MR) is 131 cm³/mol. The van der Waals surface area contributed by atoms with Gasteiger partial charge in [-0.25, -0.2) is 4.39 Å². The predicted octanol–water partition coefficient (Wildman–Crippen LogP) is 4.18. The summed E-state index contributed by atoms with van der Waals surface area (Å²) < 4.78 is 19.8. The first-order valence-electron chi connectivity index (χ1n) is 12.3. The highest BCUT2D eigenvalue weighted by atomic mass is 19.1. The third kappa shape index (κ3) is 6.33. The van der Waals surface area contributed by atoms with Crippen molar-refractivity contribution < 1.29 is 19.0 Å². The van der Waals surface area contributed by atoms with Crippen molar-refractivity contribution in [3.8, 4) is 17.0 Å². The van der Waals surface area contributed by atoms with Crippen molar-refractivity contribution >= 4 is 5.91 Å². The molecule has 34 heavy (non-hydrogen) atoms. The fourth-order valence-corrected chi connectivity index (χ4v) is 4.94. The number of amides is 1. The number of hydrogen-bond donors (Lipinski definition) is 1. The molecule has 1 amide bonds. The molecule has 7 heteroatoms. The van der Waals surface area contributed by atoms with E-state index in [9.17, 15) is 14.3 Å². The van der Waals surface area contributed by atoms with E-state index in [1.54, 1.807) is 24.9 Å². The minimum absolute atomic E-state index is 0.0127.